The molecule has 1 aromatic carbocycles. The fourth-order valence-corrected chi connectivity index (χ4v) is 3.22. The van der Waals surface area contributed by atoms with Crippen LogP contribution in [0.4, 0.5) is 10.5 Å². The van der Waals surface area contributed by atoms with E-state index in [4.69, 9.17) is 11.6 Å². The van der Waals surface area contributed by atoms with Crippen LogP contribution in [0.5, 0.6) is 0 Å². The Morgan fingerprint density at radius 2 is 2.15 bits per heavy atom. The van der Waals surface area contributed by atoms with Crippen LogP contribution in [0.2, 0.25) is 4.34 Å². The number of urea groups is 1. The molecule has 6 heteroatoms. The van der Waals surface area contributed by atoms with E-state index >= 15 is 0 Å². The van der Waals surface area contributed by atoms with Crippen molar-refractivity contribution >= 4 is 46.4 Å². The van der Waals surface area contributed by atoms with Crippen molar-refractivity contribution in [1.82, 2.24) is 5.32 Å². The minimum Gasteiger partial charge on any atom is -0.331 e. The minimum atomic E-state index is -0.222. The summed E-state index contributed by atoms with van der Waals surface area (Å²) in [6.07, 6.45) is 2.00. The van der Waals surface area contributed by atoms with E-state index in [1.54, 1.807) is 11.8 Å². The molecule has 3 nitrogen and oxygen atoms in total. The molecule has 0 saturated heterocycles. The number of carbonyl (C=O) groups excluding carboxylic acids is 1. The van der Waals surface area contributed by atoms with Gasteiger partial charge < -0.3 is 10.6 Å². The molecule has 0 bridgehead atoms. The number of amides is 2. The van der Waals surface area contributed by atoms with Gasteiger partial charge in [0.2, 0.25) is 0 Å². The van der Waals surface area contributed by atoms with Crippen LogP contribution in [0, 0.1) is 0 Å². The molecular weight excluding hydrogens is 312 g/mol. The normalized spacial score (nSPS) is 11.9. The van der Waals surface area contributed by atoms with Crippen LogP contribution in [0.1, 0.15) is 17.8 Å². The molecule has 2 aromatic rings. The molecular formula is C14H15ClN2OS2. The lowest BCUT2D eigenvalue weighted by Gasteiger charge is -2.13. The van der Waals surface area contributed by atoms with E-state index in [1.165, 1.54) is 11.3 Å². The first-order valence-electron chi connectivity index (χ1n) is 6.05. The van der Waals surface area contributed by atoms with Crippen LogP contribution in [0.15, 0.2) is 41.3 Å². The summed E-state index contributed by atoms with van der Waals surface area (Å²) in [5.41, 5.74) is 0.783. The van der Waals surface area contributed by atoms with Crippen LogP contribution in [0.25, 0.3) is 0 Å². The van der Waals surface area contributed by atoms with E-state index in [2.05, 4.69) is 10.6 Å². The number of rotatable bonds is 4. The highest BCUT2D eigenvalue weighted by Gasteiger charge is 2.11. The summed E-state index contributed by atoms with van der Waals surface area (Å²) in [7, 11) is 0. The summed E-state index contributed by atoms with van der Waals surface area (Å²) in [6, 6.07) is 11.2. The van der Waals surface area contributed by atoms with Gasteiger partial charge in [0.05, 0.1) is 10.4 Å². The van der Waals surface area contributed by atoms with Gasteiger partial charge in [-0.1, -0.05) is 17.7 Å². The number of hydrogen-bond donors (Lipinski definition) is 2. The number of nitrogens with one attached hydrogen (secondary N) is 2. The van der Waals surface area contributed by atoms with Crippen LogP contribution in [-0.4, -0.2) is 12.3 Å². The number of halogens is 1. The molecule has 2 amide bonds. The first kappa shape index (κ1) is 15.2. The molecule has 1 heterocycles. The predicted octanol–water partition coefficient (Wildman–Crippen LogP) is 5.01. The molecule has 0 fully saturated rings. The van der Waals surface area contributed by atoms with Gasteiger partial charge in [-0.25, -0.2) is 4.79 Å². The van der Waals surface area contributed by atoms with E-state index < -0.39 is 0 Å². The van der Waals surface area contributed by atoms with E-state index in [-0.39, 0.29) is 12.1 Å². The Hall–Kier alpha value is -1.17. The van der Waals surface area contributed by atoms with Crippen molar-refractivity contribution in [2.24, 2.45) is 0 Å². The third-order valence-corrected chi connectivity index (χ3v) is 4.84. The number of hydrogen-bond acceptors (Lipinski definition) is 3. The number of thioether (sulfide) groups is 1. The zero-order chi connectivity index (χ0) is 14.5. The van der Waals surface area contributed by atoms with Gasteiger partial charge in [0, 0.05) is 15.5 Å². The predicted molar refractivity (Wildman–Crippen MR) is 88.1 cm³/mol. The molecule has 2 N–H and O–H groups in total. The molecule has 1 aromatic heterocycles. The molecule has 0 saturated carbocycles. The van der Waals surface area contributed by atoms with E-state index in [0.29, 0.717) is 0 Å². The number of carbonyl (C=O) groups is 1. The van der Waals surface area contributed by atoms with E-state index in [0.717, 1.165) is 19.8 Å². The third-order valence-electron chi connectivity index (χ3n) is 2.70. The third kappa shape index (κ3) is 4.16. The Morgan fingerprint density at radius 3 is 2.80 bits per heavy atom. The summed E-state index contributed by atoms with van der Waals surface area (Å²) in [5, 5.41) is 5.72. The minimum absolute atomic E-state index is 0.0729. The maximum Gasteiger partial charge on any atom is 0.319 e. The smallest absolute Gasteiger partial charge is 0.319 e. The van der Waals surface area contributed by atoms with Gasteiger partial charge in [-0.05, 0) is 43.5 Å². The Bertz CT molecular complexity index is 600. The van der Waals surface area contributed by atoms with Gasteiger partial charge in [0.1, 0.15) is 0 Å². The van der Waals surface area contributed by atoms with Gasteiger partial charge in [-0.2, -0.15) is 0 Å². The quantitative estimate of drug-likeness (QED) is 0.776. The largest absolute Gasteiger partial charge is 0.331 e. The van der Waals surface area contributed by atoms with Crippen molar-refractivity contribution in [1.29, 1.82) is 0 Å². The van der Waals surface area contributed by atoms with Crippen LogP contribution in [-0.2, 0) is 0 Å². The monoisotopic (exact) mass is 326 g/mol. The van der Waals surface area contributed by atoms with Crippen molar-refractivity contribution in [3.05, 3.63) is 45.6 Å². The van der Waals surface area contributed by atoms with Crippen LogP contribution >= 0.6 is 34.7 Å². The van der Waals surface area contributed by atoms with Crippen molar-refractivity contribution in [3.63, 3.8) is 0 Å². The number of anilines is 1. The first-order chi connectivity index (χ1) is 9.58. The van der Waals surface area contributed by atoms with Gasteiger partial charge in [0.15, 0.2) is 0 Å². The highest BCUT2D eigenvalue weighted by molar-refractivity contribution is 7.98. The fourth-order valence-electron chi connectivity index (χ4n) is 1.70. The fraction of sp³-hybridized carbons (Fsp3) is 0.214. The molecule has 1 atom stereocenters. The first-order valence-corrected chi connectivity index (χ1v) is 8.47. The summed E-state index contributed by atoms with van der Waals surface area (Å²) in [5.74, 6) is 0. The number of thiophene rings is 1. The molecule has 106 valence electrons. The second kappa shape index (κ2) is 7.02. The lowest BCUT2D eigenvalue weighted by molar-refractivity contribution is 0.249. The molecule has 2 rings (SSSR count). The lowest BCUT2D eigenvalue weighted by Crippen LogP contribution is -2.30. The second-order valence-corrected chi connectivity index (χ2v) is 6.82. The molecule has 0 radical (unpaired) electrons. The highest BCUT2D eigenvalue weighted by atomic mass is 35.5. The zero-order valence-electron chi connectivity index (χ0n) is 11.1. The van der Waals surface area contributed by atoms with Crippen molar-refractivity contribution in [2.45, 2.75) is 17.9 Å². The van der Waals surface area contributed by atoms with E-state index in [1.807, 2.05) is 49.6 Å². The lowest BCUT2D eigenvalue weighted by atomic mass is 10.3. The zero-order valence-corrected chi connectivity index (χ0v) is 13.5. The maximum atomic E-state index is 11.9. The molecule has 0 unspecified atom stereocenters. The van der Waals surface area contributed by atoms with Crippen LogP contribution in [0.3, 0.4) is 0 Å². The average molecular weight is 327 g/mol. The molecule has 0 aliphatic rings. The Labute approximate surface area is 131 Å². The van der Waals surface area contributed by atoms with Gasteiger partial charge >= 0.3 is 6.03 Å². The Kier molecular flexibility index (Phi) is 5.34. The summed E-state index contributed by atoms with van der Waals surface area (Å²) < 4.78 is 0.724. The summed E-state index contributed by atoms with van der Waals surface area (Å²) in [6.45, 7) is 1.93. The molecule has 0 spiro atoms. The Balaban J connectivity index is 1.95. The van der Waals surface area contributed by atoms with E-state index in [9.17, 15) is 4.79 Å². The average Bonchev–Trinajstić information content (AvgIpc) is 2.85. The molecule has 0 aliphatic carbocycles. The van der Waals surface area contributed by atoms with Crippen LogP contribution < -0.4 is 10.6 Å². The SMILES string of the molecule is CSc1cccc(NC(=O)N[C@H](C)c2ccc(Cl)s2)c1. The van der Waals surface area contributed by atoms with Gasteiger partial charge in [0.25, 0.3) is 0 Å². The standard InChI is InChI=1S/C14H15ClN2OS2/c1-9(12-6-7-13(15)20-12)16-14(18)17-10-4-3-5-11(8-10)19-2/h3-9H,1-2H3,(H2,16,17,18)/t9-/m1/s1. The van der Waals surface area contributed by atoms with Crippen molar-refractivity contribution < 1.29 is 4.79 Å². The Morgan fingerprint density at radius 1 is 1.35 bits per heavy atom. The van der Waals surface area contributed by atoms with Crippen molar-refractivity contribution in [3.8, 4) is 0 Å². The topological polar surface area (TPSA) is 41.1 Å². The summed E-state index contributed by atoms with van der Waals surface area (Å²) in [4.78, 5) is 14.1. The van der Waals surface area contributed by atoms with Crippen molar-refractivity contribution in [2.75, 3.05) is 11.6 Å². The number of benzene rings is 1. The van der Waals surface area contributed by atoms with Gasteiger partial charge in [-0.3, -0.25) is 0 Å². The highest BCUT2D eigenvalue weighted by Crippen LogP contribution is 2.26. The summed E-state index contributed by atoms with van der Waals surface area (Å²) >= 11 is 9.00. The van der Waals surface area contributed by atoms with Gasteiger partial charge in [-0.15, -0.1) is 23.1 Å². The maximum absolute atomic E-state index is 11.9. The molecule has 0 aliphatic heterocycles. The second-order valence-electron chi connectivity index (χ2n) is 4.19. The molecule has 20 heavy (non-hydrogen) atoms.